The summed E-state index contributed by atoms with van der Waals surface area (Å²) in [5.74, 6) is 1.32. The molecule has 6 rings (SSSR count). The Bertz CT molecular complexity index is 1310. The Morgan fingerprint density at radius 2 is 1.87 bits per heavy atom. The Kier molecular flexibility index (Phi) is 8.08. The maximum Gasteiger partial charge on any atom is 0.170 e. The fourth-order valence-electron chi connectivity index (χ4n) is 8.24. The van der Waals surface area contributed by atoms with Crippen LogP contribution >= 0.6 is 11.6 Å². The second kappa shape index (κ2) is 11.2. The highest BCUT2D eigenvalue weighted by Gasteiger charge is 2.58. The van der Waals surface area contributed by atoms with E-state index in [0.29, 0.717) is 27.5 Å². The lowest BCUT2D eigenvalue weighted by molar-refractivity contribution is 0.111. The minimum Gasteiger partial charge on any atom is -0.316 e. The highest BCUT2D eigenvalue weighted by Crippen LogP contribution is 2.62. The van der Waals surface area contributed by atoms with Gasteiger partial charge in [0.2, 0.25) is 0 Å². The first-order valence-electron chi connectivity index (χ1n) is 14.7. The van der Waals surface area contributed by atoms with Crippen molar-refractivity contribution in [3.63, 3.8) is 0 Å². The molecule has 39 heavy (non-hydrogen) atoms. The van der Waals surface area contributed by atoms with Gasteiger partial charge in [-0.1, -0.05) is 69.1 Å². The summed E-state index contributed by atoms with van der Waals surface area (Å²) in [4.78, 5) is 11.7. The third-order valence-corrected chi connectivity index (χ3v) is 10.3. The SMILES string of the molecule is CN[C@H]1C2(C)CCC(C2)C1(C)C.Cc1cc(Cl)ccc1-n1nc(C=O)c2c1C(Cc1ccccc1)CCCC2. The zero-order chi connectivity index (χ0) is 27.8. The van der Waals surface area contributed by atoms with Crippen LogP contribution in [-0.4, -0.2) is 29.2 Å². The highest BCUT2D eigenvalue weighted by atomic mass is 35.5. The minimum absolute atomic E-state index is 0.348. The normalized spacial score (nSPS) is 26.9. The number of rotatable bonds is 5. The van der Waals surface area contributed by atoms with Gasteiger partial charge in [-0.15, -0.1) is 0 Å². The number of nitrogens with zero attached hydrogens (tertiary/aromatic N) is 2. The minimum atomic E-state index is 0.348. The van der Waals surface area contributed by atoms with Crippen molar-refractivity contribution >= 4 is 17.9 Å². The van der Waals surface area contributed by atoms with Crippen molar-refractivity contribution in [3.05, 3.63) is 81.6 Å². The van der Waals surface area contributed by atoms with Gasteiger partial charge in [-0.2, -0.15) is 5.10 Å². The van der Waals surface area contributed by atoms with E-state index in [1.54, 1.807) is 0 Å². The van der Waals surface area contributed by atoms with Gasteiger partial charge < -0.3 is 5.32 Å². The van der Waals surface area contributed by atoms with E-state index in [1.165, 1.54) is 36.9 Å². The van der Waals surface area contributed by atoms with Gasteiger partial charge in [0.1, 0.15) is 5.69 Å². The average molecular weight is 546 g/mol. The third kappa shape index (κ3) is 5.35. The molecule has 0 aliphatic heterocycles. The molecule has 1 N–H and O–H groups in total. The van der Waals surface area contributed by atoms with Crippen molar-refractivity contribution in [2.75, 3.05) is 7.05 Å². The van der Waals surface area contributed by atoms with Crippen LogP contribution in [0.2, 0.25) is 5.02 Å². The van der Waals surface area contributed by atoms with Crippen LogP contribution in [0.1, 0.15) is 98.1 Å². The summed E-state index contributed by atoms with van der Waals surface area (Å²) < 4.78 is 2.00. The molecule has 5 heteroatoms. The molecule has 0 amide bonds. The van der Waals surface area contributed by atoms with Crippen molar-refractivity contribution in [2.24, 2.45) is 16.7 Å². The maximum absolute atomic E-state index is 11.7. The van der Waals surface area contributed by atoms with Crippen molar-refractivity contribution in [2.45, 2.75) is 91.0 Å². The smallest absolute Gasteiger partial charge is 0.170 e. The van der Waals surface area contributed by atoms with E-state index in [4.69, 9.17) is 16.7 Å². The van der Waals surface area contributed by atoms with E-state index in [-0.39, 0.29) is 0 Å². The average Bonchev–Trinajstić information content (AvgIpc) is 3.48. The number of hydrogen-bond donors (Lipinski definition) is 1. The van der Waals surface area contributed by atoms with E-state index in [2.05, 4.69) is 57.4 Å². The first-order valence-corrected chi connectivity index (χ1v) is 15.1. The van der Waals surface area contributed by atoms with Crippen LogP contribution in [0.25, 0.3) is 5.69 Å². The first-order chi connectivity index (χ1) is 18.7. The summed E-state index contributed by atoms with van der Waals surface area (Å²) in [6.45, 7) is 9.37. The number of nitrogens with one attached hydrogen (secondary N) is 1. The molecule has 2 bridgehead atoms. The zero-order valence-corrected chi connectivity index (χ0v) is 25.0. The second-order valence-corrected chi connectivity index (χ2v) is 13.4. The molecule has 0 spiro atoms. The predicted molar refractivity (Wildman–Crippen MR) is 161 cm³/mol. The molecule has 2 aromatic carbocycles. The largest absolute Gasteiger partial charge is 0.316 e. The van der Waals surface area contributed by atoms with Crippen LogP contribution in [0, 0.1) is 23.7 Å². The van der Waals surface area contributed by atoms with Gasteiger partial charge in [0, 0.05) is 22.5 Å². The van der Waals surface area contributed by atoms with Crippen LogP contribution in [0.4, 0.5) is 0 Å². The second-order valence-electron chi connectivity index (χ2n) is 13.0. The first kappa shape index (κ1) is 28.1. The molecule has 3 aliphatic carbocycles. The van der Waals surface area contributed by atoms with E-state index in [1.807, 2.05) is 35.9 Å². The number of aldehydes is 1. The van der Waals surface area contributed by atoms with Crippen molar-refractivity contribution < 1.29 is 4.79 Å². The molecule has 2 saturated carbocycles. The Morgan fingerprint density at radius 3 is 2.49 bits per heavy atom. The number of fused-ring (bicyclic) bond motifs is 3. The molecule has 3 unspecified atom stereocenters. The van der Waals surface area contributed by atoms with Gasteiger partial charge in [0.05, 0.1) is 11.4 Å². The molecule has 0 radical (unpaired) electrons. The van der Waals surface area contributed by atoms with Gasteiger partial charge in [0.25, 0.3) is 0 Å². The van der Waals surface area contributed by atoms with Crippen LogP contribution in [0.3, 0.4) is 0 Å². The number of benzene rings is 2. The molecule has 2 fully saturated rings. The van der Waals surface area contributed by atoms with Gasteiger partial charge in [-0.25, -0.2) is 4.68 Å². The third-order valence-electron chi connectivity index (χ3n) is 10.1. The monoisotopic (exact) mass is 545 g/mol. The fourth-order valence-corrected chi connectivity index (χ4v) is 8.47. The number of aryl methyl sites for hydroxylation is 1. The van der Waals surface area contributed by atoms with Crippen molar-refractivity contribution in [1.82, 2.24) is 15.1 Å². The van der Waals surface area contributed by atoms with Crippen LogP contribution in [0.15, 0.2) is 48.5 Å². The van der Waals surface area contributed by atoms with Crippen LogP contribution in [-0.2, 0) is 12.8 Å². The Balaban J connectivity index is 0.000000214. The topological polar surface area (TPSA) is 46.9 Å². The lowest BCUT2D eigenvalue weighted by atomic mass is 9.68. The van der Waals surface area contributed by atoms with Crippen molar-refractivity contribution in [1.29, 1.82) is 0 Å². The number of hydrogen-bond acceptors (Lipinski definition) is 3. The van der Waals surface area contributed by atoms with E-state index >= 15 is 0 Å². The molecule has 3 aromatic rings. The number of carbonyl (C=O) groups excluding carboxylic acids is 1. The van der Waals surface area contributed by atoms with Gasteiger partial charge in [-0.3, -0.25) is 4.79 Å². The summed E-state index contributed by atoms with van der Waals surface area (Å²) in [5, 5.41) is 8.95. The molecule has 3 aliphatic rings. The summed E-state index contributed by atoms with van der Waals surface area (Å²) in [5.41, 5.74) is 7.42. The summed E-state index contributed by atoms with van der Waals surface area (Å²) in [6.07, 6.45) is 10.5. The maximum atomic E-state index is 11.7. The Labute approximate surface area is 239 Å². The number of halogens is 1. The molecule has 4 nitrogen and oxygen atoms in total. The summed E-state index contributed by atoms with van der Waals surface area (Å²) in [7, 11) is 2.12. The van der Waals surface area contributed by atoms with Crippen LogP contribution < -0.4 is 5.32 Å². The molecule has 0 saturated heterocycles. The zero-order valence-electron chi connectivity index (χ0n) is 24.3. The fraction of sp³-hybridized carbons (Fsp3) is 0.529. The van der Waals surface area contributed by atoms with E-state index in [0.717, 1.165) is 60.7 Å². The molecule has 208 valence electrons. The number of aromatic nitrogens is 2. The molecular formula is C34H44ClN3O. The van der Waals surface area contributed by atoms with Crippen LogP contribution in [0.5, 0.6) is 0 Å². The van der Waals surface area contributed by atoms with Gasteiger partial charge in [0.15, 0.2) is 6.29 Å². The Morgan fingerprint density at radius 1 is 1.10 bits per heavy atom. The summed E-state index contributed by atoms with van der Waals surface area (Å²) >= 11 is 6.16. The molecular weight excluding hydrogens is 502 g/mol. The van der Waals surface area contributed by atoms with Gasteiger partial charge in [-0.05, 0) is 105 Å². The molecule has 1 aromatic heterocycles. The molecule has 1 heterocycles. The lowest BCUT2D eigenvalue weighted by Gasteiger charge is -2.42. The highest BCUT2D eigenvalue weighted by molar-refractivity contribution is 6.30. The van der Waals surface area contributed by atoms with E-state index < -0.39 is 0 Å². The predicted octanol–water partition coefficient (Wildman–Crippen LogP) is 8.12. The van der Waals surface area contributed by atoms with Crippen molar-refractivity contribution in [3.8, 4) is 5.69 Å². The molecule has 4 atom stereocenters. The number of carbonyl (C=O) groups is 1. The lowest BCUT2D eigenvalue weighted by Crippen LogP contribution is -2.48. The standard InChI is InChI=1S/C23H23ClN2O.C11H21N/c1-16-13-19(24)11-12-22(16)26-23-18(14-17-7-3-2-4-8-17)9-5-6-10-20(23)21(15-27)25-26;1-10(2)8-5-6-11(3,7-8)9(10)12-4/h2-4,7-8,11-13,15,18H,5-6,9-10,14H2,1H3;8-9,12H,5-7H2,1-4H3/t;8?,9-,11?/m.1/s1. The quantitative estimate of drug-likeness (QED) is 0.260. The van der Waals surface area contributed by atoms with E-state index in [9.17, 15) is 4.79 Å². The summed E-state index contributed by atoms with van der Waals surface area (Å²) in [6, 6.07) is 17.2. The Hall–Kier alpha value is -2.43. The van der Waals surface area contributed by atoms with Gasteiger partial charge >= 0.3 is 0 Å².